The zero-order valence-corrected chi connectivity index (χ0v) is 9.69. The van der Waals surface area contributed by atoms with E-state index < -0.39 is 0 Å². The largest absolute Gasteiger partial charge is 1.00 e. The van der Waals surface area contributed by atoms with E-state index in [-0.39, 0.29) is 20.3 Å². The summed E-state index contributed by atoms with van der Waals surface area (Å²) in [4.78, 5) is 2.42. The third kappa shape index (κ3) is 3.54. The van der Waals surface area contributed by atoms with Gasteiger partial charge < -0.3 is 1.43 Å². The van der Waals surface area contributed by atoms with E-state index in [2.05, 4.69) is 54.4 Å². The fourth-order valence-corrected chi connectivity index (χ4v) is 1.70. The van der Waals surface area contributed by atoms with Crippen molar-refractivity contribution in [2.45, 2.75) is 18.9 Å². The Labute approximate surface area is 106 Å². The van der Waals surface area contributed by atoms with E-state index in [9.17, 15) is 0 Å². The Hall–Kier alpha value is -0.483. The van der Waals surface area contributed by atoms with Crippen LogP contribution in [-0.2, 0) is 6.42 Å². The molecule has 0 saturated carbocycles. The minimum absolute atomic E-state index is 0. The standard InChI is InChI=1S/C13H17N.Li.H/c1-14(13-8-5-9-13)11-10-12-6-3-2-4-7-12;;/h2-8,13H,9-11H2,1H3;;/q;+1;-1. The summed E-state index contributed by atoms with van der Waals surface area (Å²) in [5.74, 6) is 0. The molecule has 0 amide bonds. The van der Waals surface area contributed by atoms with E-state index in [1.165, 1.54) is 12.0 Å². The van der Waals surface area contributed by atoms with E-state index in [4.69, 9.17) is 0 Å². The zero-order valence-electron chi connectivity index (χ0n) is 10.7. The number of nitrogens with zero attached hydrogens (tertiary/aromatic N) is 1. The minimum Gasteiger partial charge on any atom is -1.00 e. The second kappa shape index (κ2) is 6.18. The minimum atomic E-state index is 0. The van der Waals surface area contributed by atoms with Crippen molar-refractivity contribution in [3.05, 3.63) is 48.0 Å². The predicted octanol–water partition coefficient (Wildman–Crippen LogP) is -0.394. The number of hydrogen-bond donors (Lipinski definition) is 0. The quantitative estimate of drug-likeness (QED) is 0.467. The molecule has 2 heteroatoms. The van der Waals surface area contributed by atoms with Crippen molar-refractivity contribution in [3.8, 4) is 0 Å². The van der Waals surface area contributed by atoms with Crippen LogP contribution in [0, 0.1) is 0 Å². The van der Waals surface area contributed by atoms with Gasteiger partial charge in [-0.25, -0.2) is 0 Å². The maximum atomic E-state index is 2.42. The van der Waals surface area contributed by atoms with Gasteiger partial charge >= 0.3 is 18.9 Å². The molecule has 0 radical (unpaired) electrons. The Morgan fingerprint density at radius 2 is 2.00 bits per heavy atom. The van der Waals surface area contributed by atoms with Crippen molar-refractivity contribution in [1.29, 1.82) is 0 Å². The van der Waals surface area contributed by atoms with Gasteiger partial charge in [0.15, 0.2) is 0 Å². The van der Waals surface area contributed by atoms with Crippen molar-refractivity contribution < 1.29 is 20.3 Å². The fourth-order valence-electron chi connectivity index (χ4n) is 1.70. The van der Waals surface area contributed by atoms with Gasteiger partial charge in [-0.05, 0) is 25.5 Å². The van der Waals surface area contributed by atoms with Crippen LogP contribution in [0.4, 0.5) is 0 Å². The van der Waals surface area contributed by atoms with Crippen LogP contribution >= 0.6 is 0 Å². The molecular weight excluding hydrogens is 177 g/mol. The van der Waals surface area contributed by atoms with Crippen LogP contribution in [0.25, 0.3) is 0 Å². The van der Waals surface area contributed by atoms with Crippen molar-refractivity contribution in [2.24, 2.45) is 0 Å². The molecule has 0 bridgehead atoms. The van der Waals surface area contributed by atoms with E-state index in [1.807, 2.05) is 0 Å². The topological polar surface area (TPSA) is 3.24 Å². The van der Waals surface area contributed by atoms with Gasteiger partial charge in [-0.2, -0.15) is 0 Å². The smallest absolute Gasteiger partial charge is 1.00 e. The van der Waals surface area contributed by atoms with Gasteiger partial charge in [-0.15, -0.1) is 0 Å². The fraction of sp³-hybridized carbons (Fsp3) is 0.385. The average molecular weight is 195 g/mol. The molecular formula is C13H18LiN. The van der Waals surface area contributed by atoms with Gasteiger partial charge in [0.1, 0.15) is 0 Å². The Kier molecular flexibility index (Phi) is 5.18. The van der Waals surface area contributed by atoms with Crippen LogP contribution in [-0.4, -0.2) is 24.5 Å². The number of rotatable bonds is 4. The Morgan fingerprint density at radius 3 is 2.53 bits per heavy atom. The molecule has 15 heavy (non-hydrogen) atoms. The Balaban J connectivity index is 0.00000112. The van der Waals surface area contributed by atoms with Crippen LogP contribution in [0.15, 0.2) is 42.5 Å². The molecule has 0 N–H and O–H groups in total. The molecule has 1 unspecified atom stereocenters. The summed E-state index contributed by atoms with van der Waals surface area (Å²) in [5.41, 5.74) is 1.43. The number of benzene rings is 1. The van der Waals surface area contributed by atoms with Gasteiger partial charge in [0.05, 0.1) is 0 Å². The molecule has 0 saturated heterocycles. The zero-order chi connectivity index (χ0) is 9.80. The van der Waals surface area contributed by atoms with Crippen LogP contribution in [0.3, 0.4) is 0 Å². The van der Waals surface area contributed by atoms with Crippen LogP contribution in [0.1, 0.15) is 13.4 Å². The van der Waals surface area contributed by atoms with E-state index in [0.29, 0.717) is 6.04 Å². The van der Waals surface area contributed by atoms with E-state index in [0.717, 1.165) is 13.0 Å². The van der Waals surface area contributed by atoms with Gasteiger partial charge in [-0.1, -0.05) is 42.5 Å². The molecule has 1 aliphatic carbocycles. The second-order valence-electron chi connectivity index (χ2n) is 3.95. The van der Waals surface area contributed by atoms with Gasteiger partial charge in [-0.3, -0.25) is 4.90 Å². The molecule has 76 valence electrons. The normalized spacial score (nSPS) is 18.4. The molecule has 2 rings (SSSR count). The molecule has 1 nitrogen and oxygen atoms in total. The van der Waals surface area contributed by atoms with E-state index >= 15 is 0 Å². The molecule has 0 spiro atoms. The van der Waals surface area contributed by atoms with Crippen molar-refractivity contribution in [3.63, 3.8) is 0 Å². The first-order valence-electron chi connectivity index (χ1n) is 5.27. The average Bonchev–Trinajstić information content (AvgIpc) is 2.14. The summed E-state index contributed by atoms with van der Waals surface area (Å²) in [6, 6.07) is 11.4. The monoisotopic (exact) mass is 195 g/mol. The Morgan fingerprint density at radius 1 is 1.33 bits per heavy atom. The molecule has 1 aromatic rings. The van der Waals surface area contributed by atoms with E-state index in [1.54, 1.807) is 0 Å². The molecule has 0 fully saturated rings. The summed E-state index contributed by atoms with van der Waals surface area (Å²) in [7, 11) is 2.21. The second-order valence-corrected chi connectivity index (χ2v) is 3.95. The first-order chi connectivity index (χ1) is 6.86. The molecule has 1 aliphatic rings. The van der Waals surface area contributed by atoms with Gasteiger partial charge in [0.2, 0.25) is 0 Å². The van der Waals surface area contributed by atoms with Gasteiger partial charge in [0.25, 0.3) is 0 Å². The summed E-state index contributed by atoms with van der Waals surface area (Å²) in [5, 5.41) is 0. The van der Waals surface area contributed by atoms with Gasteiger partial charge in [0, 0.05) is 12.6 Å². The summed E-state index contributed by atoms with van der Waals surface area (Å²) >= 11 is 0. The maximum Gasteiger partial charge on any atom is 1.00 e. The number of likely N-dealkylation sites (N-methyl/N-ethyl adjacent to an activating group) is 1. The number of hydrogen-bond acceptors (Lipinski definition) is 1. The molecule has 0 aliphatic heterocycles. The van der Waals surface area contributed by atoms with Crippen molar-refractivity contribution in [2.75, 3.05) is 13.6 Å². The summed E-state index contributed by atoms with van der Waals surface area (Å²) in [6.07, 6.45) is 6.90. The van der Waals surface area contributed by atoms with Crippen LogP contribution < -0.4 is 18.9 Å². The molecule has 1 atom stereocenters. The van der Waals surface area contributed by atoms with Crippen LogP contribution in [0.2, 0.25) is 0 Å². The first-order valence-corrected chi connectivity index (χ1v) is 5.27. The first kappa shape index (κ1) is 12.6. The van der Waals surface area contributed by atoms with Crippen molar-refractivity contribution >= 4 is 0 Å². The molecule has 0 aromatic heterocycles. The Bertz CT molecular complexity index is 313. The molecule has 0 heterocycles. The summed E-state index contributed by atoms with van der Waals surface area (Å²) in [6.45, 7) is 1.15. The molecule has 1 aromatic carbocycles. The maximum absolute atomic E-state index is 2.42. The third-order valence-electron chi connectivity index (χ3n) is 2.90. The summed E-state index contributed by atoms with van der Waals surface area (Å²) < 4.78 is 0. The van der Waals surface area contributed by atoms with Crippen LogP contribution in [0.5, 0.6) is 0 Å². The SMILES string of the molecule is CN(CCc1ccccc1)C1C=CC1.[H-].[Li+]. The predicted molar refractivity (Wildman–Crippen MR) is 61.4 cm³/mol. The third-order valence-corrected chi connectivity index (χ3v) is 2.90. The van der Waals surface area contributed by atoms with Crippen molar-refractivity contribution in [1.82, 2.24) is 4.90 Å².